The van der Waals surface area contributed by atoms with E-state index in [1.54, 1.807) is 0 Å². The van der Waals surface area contributed by atoms with E-state index >= 15 is 0 Å². The fraction of sp³-hybridized carbons (Fsp3) is 0.227. The summed E-state index contributed by atoms with van der Waals surface area (Å²) in [6, 6.07) is 21.3. The van der Waals surface area contributed by atoms with E-state index in [9.17, 15) is 4.79 Å². The Balaban J connectivity index is 1.79. The molecule has 0 aliphatic rings. The van der Waals surface area contributed by atoms with Crippen molar-refractivity contribution in [3.05, 3.63) is 66.7 Å². The standard InChI is InChI=1S/C22H23NO3/c1-3-19(22(24)23-18-13-7-8-14-21(18)25-4-2)26-20-15-9-11-16-10-5-6-12-17(16)20/h5-15,19H,3-4H2,1-2H3,(H,23,24)/t19-/m0/s1. The second-order valence-electron chi connectivity index (χ2n) is 5.91. The van der Waals surface area contributed by atoms with Crippen molar-refractivity contribution in [2.75, 3.05) is 11.9 Å². The average Bonchev–Trinajstić information content (AvgIpc) is 2.67. The lowest BCUT2D eigenvalue weighted by molar-refractivity contribution is -0.122. The number of benzene rings is 3. The van der Waals surface area contributed by atoms with E-state index in [0.717, 1.165) is 10.8 Å². The summed E-state index contributed by atoms with van der Waals surface area (Å²) in [5.74, 6) is 1.18. The molecule has 0 fully saturated rings. The number of carbonyl (C=O) groups excluding carboxylic acids is 1. The summed E-state index contributed by atoms with van der Waals surface area (Å²) >= 11 is 0. The van der Waals surface area contributed by atoms with Crippen molar-refractivity contribution in [2.24, 2.45) is 0 Å². The summed E-state index contributed by atoms with van der Waals surface area (Å²) in [6.07, 6.45) is -0.0261. The van der Waals surface area contributed by atoms with Crippen molar-refractivity contribution in [2.45, 2.75) is 26.4 Å². The van der Waals surface area contributed by atoms with Gasteiger partial charge in [0.25, 0.3) is 5.91 Å². The Morgan fingerprint density at radius 1 is 0.923 bits per heavy atom. The third kappa shape index (κ3) is 3.97. The zero-order valence-electron chi connectivity index (χ0n) is 15.1. The molecule has 3 aromatic carbocycles. The average molecular weight is 349 g/mol. The zero-order valence-corrected chi connectivity index (χ0v) is 15.1. The third-order valence-corrected chi connectivity index (χ3v) is 4.13. The molecule has 4 nitrogen and oxygen atoms in total. The van der Waals surface area contributed by atoms with Crippen LogP contribution in [0.2, 0.25) is 0 Å². The number of hydrogen-bond donors (Lipinski definition) is 1. The number of hydrogen-bond acceptors (Lipinski definition) is 3. The summed E-state index contributed by atoms with van der Waals surface area (Å²) in [4.78, 5) is 12.7. The molecule has 0 unspecified atom stereocenters. The van der Waals surface area contributed by atoms with Crippen molar-refractivity contribution < 1.29 is 14.3 Å². The monoisotopic (exact) mass is 349 g/mol. The van der Waals surface area contributed by atoms with Crippen LogP contribution in [0.3, 0.4) is 0 Å². The molecule has 134 valence electrons. The largest absolute Gasteiger partial charge is 0.492 e. The molecule has 0 aromatic heterocycles. The maximum Gasteiger partial charge on any atom is 0.265 e. The predicted molar refractivity (Wildman–Crippen MR) is 105 cm³/mol. The van der Waals surface area contributed by atoms with E-state index in [0.29, 0.717) is 30.2 Å². The van der Waals surface area contributed by atoms with E-state index in [1.165, 1.54) is 0 Å². The lowest BCUT2D eigenvalue weighted by atomic mass is 10.1. The Bertz CT molecular complexity index is 886. The van der Waals surface area contributed by atoms with Gasteiger partial charge in [0.1, 0.15) is 11.5 Å². The Kier molecular flexibility index (Phi) is 5.74. The second kappa shape index (κ2) is 8.39. The van der Waals surface area contributed by atoms with Gasteiger partial charge >= 0.3 is 0 Å². The molecule has 0 saturated carbocycles. The summed E-state index contributed by atoms with van der Waals surface area (Å²) in [5.41, 5.74) is 0.652. The fourth-order valence-corrected chi connectivity index (χ4v) is 2.84. The number of ether oxygens (including phenoxy) is 2. The first-order valence-electron chi connectivity index (χ1n) is 8.90. The molecule has 0 aliphatic carbocycles. The molecular weight excluding hydrogens is 326 g/mol. The van der Waals surface area contributed by atoms with Crippen LogP contribution in [0.25, 0.3) is 10.8 Å². The van der Waals surface area contributed by atoms with E-state index in [2.05, 4.69) is 5.32 Å². The summed E-state index contributed by atoms with van der Waals surface area (Å²) in [6.45, 7) is 4.39. The number of para-hydroxylation sites is 2. The van der Waals surface area contributed by atoms with Gasteiger partial charge in [0.05, 0.1) is 12.3 Å². The summed E-state index contributed by atoms with van der Waals surface area (Å²) < 4.78 is 11.6. The van der Waals surface area contributed by atoms with Crippen LogP contribution in [0.1, 0.15) is 20.3 Å². The Labute approximate surface area is 153 Å². The van der Waals surface area contributed by atoms with Crippen molar-refractivity contribution in [3.8, 4) is 11.5 Å². The van der Waals surface area contributed by atoms with Crippen molar-refractivity contribution in [1.82, 2.24) is 0 Å². The van der Waals surface area contributed by atoms with Crippen molar-refractivity contribution in [3.63, 3.8) is 0 Å². The highest BCUT2D eigenvalue weighted by atomic mass is 16.5. The topological polar surface area (TPSA) is 47.6 Å². The van der Waals surface area contributed by atoms with Gasteiger partial charge in [-0.3, -0.25) is 4.79 Å². The van der Waals surface area contributed by atoms with E-state index in [4.69, 9.17) is 9.47 Å². The van der Waals surface area contributed by atoms with E-state index in [-0.39, 0.29) is 5.91 Å². The molecule has 0 saturated heterocycles. The molecule has 0 heterocycles. The fourth-order valence-electron chi connectivity index (χ4n) is 2.84. The van der Waals surface area contributed by atoms with Gasteiger partial charge in [-0.05, 0) is 36.9 Å². The Morgan fingerprint density at radius 3 is 2.42 bits per heavy atom. The Hall–Kier alpha value is -3.01. The molecule has 0 spiro atoms. The van der Waals surface area contributed by atoms with Gasteiger partial charge in [-0.15, -0.1) is 0 Å². The molecule has 26 heavy (non-hydrogen) atoms. The normalized spacial score (nSPS) is 11.8. The molecular formula is C22H23NO3. The summed E-state index contributed by atoms with van der Waals surface area (Å²) in [7, 11) is 0. The van der Waals surface area contributed by atoms with E-state index < -0.39 is 6.10 Å². The molecule has 4 heteroatoms. The summed E-state index contributed by atoms with van der Waals surface area (Å²) in [5, 5.41) is 5.01. The molecule has 0 bridgehead atoms. The van der Waals surface area contributed by atoms with Gasteiger partial charge in [0, 0.05) is 5.39 Å². The van der Waals surface area contributed by atoms with Gasteiger partial charge in [0.2, 0.25) is 0 Å². The lowest BCUT2D eigenvalue weighted by Crippen LogP contribution is -2.32. The first kappa shape index (κ1) is 17.8. The van der Waals surface area contributed by atoms with Gasteiger partial charge in [-0.2, -0.15) is 0 Å². The van der Waals surface area contributed by atoms with Crippen LogP contribution in [0, 0.1) is 0 Å². The molecule has 3 aromatic rings. The highest BCUT2D eigenvalue weighted by Crippen LogP contribution is 2.28. The van der Waals surface area contributed by atoms with Crippen LogP contribution >= 0.6 is 0 Å². The van der Waals surface area contributed by atoms with Crippen LogP contribution in [-0.2, 0) is 4.79 Å². The zero-order chi connectivity index (χ0) is 18.4. The first-order chi connectivity index (χ1) is 12.7. The number of nitrogens with one attached hydrogen (secondary N) is 1. The molecule has 1 atom stereocenters. The molecule has 1 N–H and O–H groups in total. The van der Waals surface area contributed by atoms with Gasteiger partial charge in [0.15, 0.2) is 6.10 Å². The molecule has 1 amide bonds. The minimum absolute atomic E-state index is 0.187. The van der Waals surface area contributed by atoms with E-state index in [1.807, 2.05) is 80.6 Å². The van der Waals surface area contributed by atoms with Crippen molar-refractivity contribution in [1.29, 1.82) is 0 Å². The molecule has 0 aliphatic heterocycles. The van der Waals surface area contributed by atoms with Gasteiger partial charge in [-0.25, -0.2) is 0 Å². The first-order valence-corrected chi connectivity index (χ1v) is 8.90. The number of amides is 1. The molecule has 3 rings (SSSR count). The quantitative estimate of drug-likeness (QED) is 0.650. The Morgan fingerprint density at radius 2 is 1.62 bits per heavy atom. The molecule has 0 radical (unpaired) electrons. The SMILES string of the molecule is CCOc1ccccc1NC(=O)[C@H](CC)Oc1cccc2ccccc12. The maximum atomic E-state index is 12.7. The van der Waals surface area contributed by atoms with Crippen LogP contribution in [0.5, 0.6) is 11.5 Å². The van der Waals surface area contributed by atoms with Crippen LogP contribution < -0.4 is 14.8 Å². The van der Waals surface area contributed by atoms with Crippen LogP contribution in [0.4, 0.5) is 5.69 Å². The smallest absolute Gasteiger partial charge is 0.265 e. The van der Waals surface area contributed by atoms with Crippen molar-refractivity contribution >= 4 is 22.4 Å². The minimum Gasteiger partial charge on any atom is -0.492 e. The number of anilines is 1. The van der Waals surface area contributed by atoms with Crippen LogP contribution in [0.15, 0.2) is 66.7 Å². The number of carbonyl (C=O) groups is 1. The van der Waals surface area contributed by atoms with Gasteiger partial charge in [-0.1, -0.05) is 55.5 Å². The predicted octanol–water partition coefficient (Wildman–Crippen LogP) is 5.03. The highest BCUT2D eigenvalue weighted by molar-refractivity contribution is 5.96. The second-order valence-corrected chi connectivity index (χ2v) is 5.91. The number of fused-ring (bicyclic) bond motifs is 1. The number of rotatable bonds is 7. The van der Waals surface area contributed by atoms with Crippen LogP contribution in [-0.4, -0.2) is 18.6 Å². The minimum atomic E-state index is -0.588. The third-order valence-electron chi connectivity index (χ3n) is 4.13. The lowest BCUT2D eigenvalue weighted by Gasteiger charge is -2.19. The maximum absolute atomic E-state index is 12.7. The van der Waals surface area contributed by atoms with Gasteiger partial charge < -0.3 is 14.8 Å². The highest BCUT2D eigenvalue weighted by Gasteiger charge is 2.20.